The summed E-state index contributed by atoms with van der Waals surface area (Å²) in [6.45, 7) is 15.1. The molecule has 4 aliphatic carbocycles. The third-order valence-corrected chi connectivity index (χ3v) is 11.8. The Hall–Kier alpha value is -0.830. The Morgan fingerprint density at radius 3 is 2.51 bits per heavy atom. The first-order valence-corrected chi connectivity index (χ1v) is 15.0. The Bertz CT molecular complexity index is 771. The molecule has 0 aromatic rings. The van der Waals surface area contributed by atoms with Crippen LogP contribution >= 0.6 is 0 Å². The van der Waals surface area contributed by atoms with Crippen LogP contribution in [0.2, 0.25) is 0 Å². The molecule has 0 aromatic carbocycles. The number of fused-ring (bicyclic) bond motifs is 5. The van der Waals surface area contributed by atoms with Crippen LogP contribution in [0.25, 0.3) is 0 Å². The lowest BCUT2D eigenvalue weighted by Crippen LogP contribution is -2.51. The largest absolute Gasteiger partial charge is 0.460 e. The summed E-state index contributed by atoms with van der Waals surface area (Å²) >= 11 is 0. The number of carbonyl (C=O) groups excluding carboxylic acids is 1. The monoisotopic (exact) mass is 486 g/mol. The summed E-state index contributed by atoms with van der Waals surface area (Å²) in [7, 11) is 1.56. The fourth-order valence-electron chi connectivity index (χ4n) is 9.73. The van der Waals surface area contributed by atoms with Gasteiger partial charge in [0.1, 0.15) is 12.7 Å². The number of carbonyl (C=O) groups is 1. The fraction of sp³-hybridized carbons (Fsp3) is 0.906. The van der Waals surface area contributed by atoms with Gasteiger partial charge in [-0.25, -0.2) is 4.79 Å². The first kappa shape index (κ1) is 27.2. The molecule has 0 amide bonds. The molecule has 0 unspecified atom stereocenters. The van der Waals surface area contributed by atoms with Gasteiger partial charge in [-0.3, -0.25) is 0 Å². The van der Waals surface area contributed by atoms with E-state index in [1.54, 1.807) is 12.7 Å². The molecule has 3 heteroatoms. The Morgan fingerprint density at radius 2 is 1.83 bits per heavy atom. The van der Waals surface area contributed by atoms with Crippen molar-refractivity contribution in [2.24, 2.45) is 52.3 Å². The first-order valence-electron chi connectivity index (χ1n) is 15.0. The highest BCUT2D eigenvalue weighted by molar-refractivity contribution is 5.70. The Kier molecular flexibility index (Phi) is 8.46. The summed E-state index contributed by atoms with van der Waals surface area (Å²) in [6.07, 6.45) is 16.9. The first-order chi connectivity index (χ1) is 16.6. The molecule has 0 radical (unpaired) electrons. The van der Waals surface area contributed by atoms with Crippen LogP contribution in [-0.2, 0) is 14.3 Å². The van der Waals surface area contributed by atoms with E-state index in [9.17, 15) is 4.79 Å². The molecule has 4 aliphatic rings. The molecule has 0 N–H and O–H groups in total. The summed E-state index contributed by atoms with van der Waals surface area (Å²) in [5, 5.41) is 0. The van der Waals surface area contributed by atoms with Crippen molar-refractivity contribution in [2.75, 3.05) is 13.7 Å². The molecule has 3 saturated carbocycles. The highest BCUT2D eigenvalue weighted by Crippen LogP contribution is 2.67. The number of ether oxygens (including phenoxy) is 2. The molecule has 9 atom stereocenters. The van der Waals surface area contributed by atoms with Crippen LogP contribution in [-0.4, -0.2) is 25.8 Å². The van der Waals surface area contributed by atoms with Gasteiger partial charge in [0, 0.05) is 13.5 Å². The lowest BCUT2D eigenvalue weighted by molar-refractivity contribution is -0.155. The molecule has 4 rings (SSSR count). The van der Waals surface area contributed by atoms with Crippen molar-refractivity contribution in [1.29, 1.82) is 0 Å². The van der Waals surface area contributed by atoms with Gasteiger partial charge >= 0.3 is 5.97 Å². The highest BCUT2D eigenvalue weighted by Gasteiger charge is 2.59. The summed E-state index contributed by atoms with van der Waals surface area (Å²) in [5.74, 6) is 5.83. The highest BCUT2D eigenvalue weighted by atomic mass is 16.6. The molecular formula is C32H54O3. The van der Waals surface area contributed by atoms with Gasteiger partial charge in [0.2, 0.25) is 0 Å². The molecule has 0 aromatic heterocycles. The minimum Gasteiger partial charge on any atom is -0.460 e. The smallest absolute Gasteiger partial charge is 0.332 e. The second kappa shape index (κ2) is 10.9. The average Bonchev–Trinajstić information content (AvgIpc) is 3.17. The zero-order chi connectivity index (χ0) is 25.4. The van der Waals surface area contributed by atoms with Crippen molar-refractivity contribution < 1.29 is 14.3 Å². The fourth-order valence-corrected chi connectivity index (χ4v) is 9.73. The van der Waals surface area contributed by atoms with Crippen molar-refractivity contribution in [3.63, 3.8) is 0 Å². The van der Waals surface area contributed by atoms with E-state index in [4.69, 9.17) is 9.47 Å². The Labute approximate surface area is 216 Å². The van der Waals surface area contributed by atoms with Gasteiger partial charge in [0.25, 0.3) is 0 Å². The number of methoxy groups -OCH3 is 1. The van der Waals surface area contributed by atoms with Crippen molar-refractivity contribution in [1.82, 2.24) is 0 Å². The second-order valence-corrected chi connectivity index (χ2v) is 13.7. The summed E-state index contributed by atoms with van der Waals surface area (Å²) < 4.78 is 10.7. The maximum absolute atomic E-state index is 12.0. The molecule has 0 aliphatic heterocycles. The second-order valence-electron chi connectivity index (χ2n) is 13.7. The molecule has 0 heterocycles. The number of rotatable bonds is 9. The van der Waals surface area contributed by atoms with Gasteiger partial charge in [-0.2, -0.15) is 0 Å². The minimum absolute atomic E-state index is 0.0388. The normalized spacial score (nSPS) is 40.3. The van der Waals surface area contributed by atoms with Gasteiger partial charge < -0.3 is 9.47 Å². The van der Waals surface area contributed by atoms with Crippen molar-refractivity contribution >= 4 is 5.97 Å². The van der Waals surface area contributed by atoms with Gasteiger partial charge in [-0.1, -0.05) is 66.0 Å². The van der Waals surface area contributed by atoms with Crippen LogP contribution in [0.1, 0.15) is 112 Å². The number of hydrogen-bond donors (Lipinski definition) is 0. The number of hydrogen-bond acceptors (Lipinski definition) is 3. The quantitative estimate of drug-likeness (QED) is 0.243. The van der Waals surface area contributed by atoms with Gasteiger partial charge in [-0.15, -0.1) is 0 Å². The summed E-state index contributed by atoms with van der Waals surface area (Å²) in [4.78, 5) is 12.0. The van der Waals surface area contributed by atoms with Gasteiger partial charge in [0.15, 0.2) is 0 Å². The third-order valence-electron chi connectivity index (χ3n) is 11.8. The SMILES string of the molecule is CC[C@H](CC[C@@H](C)[C@H]1CC[C@H]2[C@@H]3CC=C4C[C@@H](OC(=O)COC)CC[C@]4(C)[C@H]3CC[C@]12C)C(C)C. The predicted octanol–water partition coefficient (Wildman–Crippen LogP) is 8.22. The van der Waals surface area contributed by atoms with E-state index in [0.717, 1.165) is 54.3 Å². The zero-order valence-electron chi connectivity index (χ0n) is 23.9. The van der Waals surface area contributed by atoms with E-state index in [1.807, 2.05) is 0 Å². The van der Waals surface area contributed by atoms with Crippen LogP contribution in [0.3, 0.4) is 0 Å². The molecule has 0 bridgehead atoms. The standard InChI is InChI=1S/C32H54O3/c1-8-23(21(2)3)10-9-22(4)27-13-14-28-26-12-11-24-19-25(35-30(33)20-34-7)15-17-31(24,5)29(26)16-18-32(27,28)6/h11,21-23,25-29H,8-10,12-20H2,1-7H3/t22-,23-,25+,26+,27-,28+,29+,31+,32-/m1/s1. The zero-order valence-corrected chi connectivity index (χ0v) is 23.9. The molecule has 3 fully saturated rings. The lowest BCUT2D eigenvalue weighted by Gasteiger charge is -2.58. The maximum atomic E-state index is 12.0. The van der Waals surface area contributed by atoms with Crippen LogP contribution < -0.4 is 0 Å². The van der Waals surface area contributed by atoms with Crippen molar-refractivity contribution in [3.05, 3.63) is 11.6 Å². The molecule has 0 saturated heterocycles. The van der Waals surface area contributed by atoms with Crippen molar-refractivity contribution in [2.45, 2.75) is 118 Å². The lowest BCUT2D eigenvalue weighted by atomic mass is 9.47. The van der Waals surface area contributed by atoms with E-state index in [0.29, 0.717) is 10.8 Å². The summed E-state index contributed by atoms with van der Waals surface area (Å²) in [6, 6.07) is 0. The summed E-state index contributed by atoms with van der Waals surface area (Å²) in [5.41, 5.74) is 2.43. The van der Waals surface area contributed by atoms with Crippen LogP contribution in [0.4, 0.5) is 0 Å². The third kappa shape index (κ3) is 5.14. The topological polar surface area (TPSA) is 35.5 Å². The van der Waals surface area contributed by atoms with E-state index in [1.165, 1.54) is 57.8 Å². The molecule has 35 heavy (non-hydrogen) atoms. The minimum atomic E-state index is -0.214. The Morgan fingerprint density at radius 1 is 1.06 bits per heavy atom. The molecule has 200 valence electrons. The number of allylic oxidation sites excluding steroid dienone is 1. The van der Waals surface area contributed by atoms with Crippen LogP contribution in [0.5, 0.6) is 0 Å². The van der Waals surface area contributed by atoms with Crippen LogP contribution in [0, 0.1) is 52.3 Å². The molecule has 0 spiro atoms. The van der Waals surface area contributed by atoms with E-state index in [2.05, 4.69) is 47.6 Å². The molecular weight excluding hydrogens is 432 g/mol. The van der Waals surface area contributed by atoms with E-state index < -0.39 is 0 Å². The van der Waals surface area contributed by atoms with E-state index in [-0.39, 0.29) is 18.7 Å². The number of esters is 1. The molecule has 3 nitrogen and oxygen atoms in total. The predicted molar refractivity (Wildman–Crippen MR) is 144 cm³/mol. The van der Waals surface area contributed by atoms with Crippen LogP contribution in [0.15, 0.2) is 11.6 Å². The van der Waals surface area contributed by atoms with Gasteiger partial charge in [0.05, 0.1) is 0 Å². The average molecular weight is 487 g/mol. The maximum Gasteiger partial charge on any atom is 0.332 e. The van der Waals surface area contributed by atoms with Crippen molar-refractivity contribution in [3.8, 4) is 0 Å². The van der Waals surface area contributed by atoms with Gasteiger partial charge in [-0.05, 0) is 104 Å². The van der Waals surface area contributed by atoms with E-state index >= 15 is 0 Å². The Balaban J connectivity index is 1.43.